The van der Waals surface area contributed by atoms with Gasteiger partial charge in [-0.2, -0.15) is 0 Å². The van der Waals surface area contributed by atoms with Crippen LogP contribution in [0, 0.1) is 0 Å². The lowest BCUT2D eigenvalue weighted by molar-refractivity contribution is -0.0724. The summed E-state index contributed by atoms with van der Waals surface area (Å²) in [6, 6.07) is 4.01. The third-order valence-electron chi connectivity index (χ3n) is 5.04. The van der Waals surface area contributed by atoms with Gasteiger partial charge in [0.2, 0.25) is 0 Å². The standard InChI is InChI=1S/C18H28N4O2/c1-20(2)11-12-21-13-14-24-17-6-10-22(9-5-16(17)21)18(23)15-3-7-19-8-4-15/h3-4,7-8,16-17H,5-6,9-14H2,1-2H3. The van der Waals surface area contributed by atoms with E-state index in [2.05, 4.69) is 28.9 Å². The molecule has 132 valence electrons. The van der Waals surface area contributed by atoms with Gasteiger partial charge in [0.05, 0.1) is 12.7 Å². The molecule has 2 atom stereocenters. The summed E-state index contributed by atoms with van der Waals surface area (Å²) in [7, 11) is 4.22. The van der Waals surface area contributed by atoms with Gasteiger partial charge in [-0.15, -0.1) is 0 Å². The van der Waals surface area contributed by atoms with Crippen molar-refractivity contribution in [2.75, 3.05) is 53.4 Å². The predicted molar refractivity (Wildman–Crippen MR) is 93.0 cm³/mol. The van der Waals surface area contributed by atoms with Crippen LogP contribution in [0.25, 0.3) is 0 Å². The van der Waals surface area contributed by atoms with Gasteiger partial charge in [0, 0.05) is 56.7 Å². The number of aromatic nitrogens is 1. The molecule has 0 N–H and O–H groups in total. The van der Waals surface area contributed by atoms with Gasteiger partial charge < -0.3 is 14.5 Å². The van der Waals surface area contributed by atoms with Crippen molar-refractivity contribution >= 4 is 5.91 Å². The average Bonchev–Trinajstić information content (AvgIpc) is 2.83. The highest BCUT2D eigenvalue weighted by Crippen LogP contribution is 2.24. The van der Waals surface area contributed by atoms with Gasteiger partial charge in [-0.1, -0.05) is 0 Å². The lowest BCUT2D eigenvalue weighted by Crippen LogP contribution is -2.52. The summed E-state index contributed by atoms with van der Waals surface area (Å²) in [6.45, 7) is 5.48. The fourth-order valence-corrected chi connectivity index (χ4v) is 3.65. The second kappa shape index (κ2) is 8.05. The zero-order chi connectivity index (χ0) is 16.9. The Hall–Kier alpha value is -1.50. The maximum absolute atomic E-state index is 12.7. The molecule has 3 rings (SSSR count). The molecule has 1 aromatic rings. The largest absolute Gasteiger partial charge is 0.375 e. The highest BCUT2D eigenvalue weighted by atomic mass is 16.5. The van der Waals surface area contributed by atoms with Crippen molar-refractivity contribution in [3.8, 4) is 0 Å². The molecule has 0 bridgehead atoms. The number of hydrogen-bond donors (Lipinski definition) is 0. The fraction of sp³-hybridized carbons (Fsp3) is 0.667. The van der Waals surface area contributed by atoms with E-state index in [0.29, 0.717) is 6.04 Å². The highest BCUT2D eigenvalue weighted by molar-refractivity contribution is 5.94. The molecule has 2 aliphatic heterocycles. The van der Waals surface area contributed by atoms with Gasteiger partial charge >= 0.3 is 0 Å². The quantitative estimate of drug-likeness (QED) is 0.822. The van der Waals surface area contributed by atoms with E-state index in [1.165, 1.54) is 0 Å². The van der Waals surface area contributed by atoms with Crippen LogP contribution in [0.3, 0.4) is 0 Å². The Labute approximate surface area is 144 Å². The van der Waals surface area contributed by atoms with E-state index in [9.17, 15) is 4.79 Å². The summed E-state index contributed by atoms with van der Waals surface area (Å²) in [5.74, 6) is 0.107. The van der Waals surface area contributed by atoms with E-state index in [1.807, 2.05) is 4.90 Å². The summed E-state index contributed by atoms with van der Waals surface area (Å²) in [4.78, 5) is 23.4. The molecule has 1 aromatic heterocycles. The van der Waals surface area contributed by atoms with Crippen LogP contribution < -0.4 is 0 Å². The van der Waals surface area contributed by atoms with Gasteiger partial charge in [0.25, 0.3) is 5.91 Å². The number of likely N-dealkylation sites (N-methyl/N-ethyl adjacent to an activating group) is 1. The van der Waals surface area contributed by atoms with Crippen molar-refractivity contribution < 1.29 is 9.53 Å². The number of rotatable bonds is 4. The Bertz CT molecular complexity index is 537. The first-order chi connectivity index (χ1) is 11.6. The Kier molecular flexibility index (Phi) is 5.81. The first-order valence-corrected chi connectivity index (χ1v) is 8.85. The van der Waals surface area contributed by atoms with Gasteiger partial charge in [-0.3, -0.25) is 14.7 Å². The number of nitrogens with zero attached hydrogens (tertiary/aromatic N) is 4. The number of fused-ring (bicyclic) bond motifs is 1. The Balaban J connectivity index is 1.64. The van der Waals surface area contributed by atoms with E-state index in [4.69, 9.17) is 4.74 Å². The SMILES string of the molecule is CN(C)CCN1CCOC2CCN(C(=O)c3ccncc3)CCC21. The highest BCUT2D eigenvalue weighted by Gasteiger charge is 2.35. The first kappa shape index (κ1) is 17.3. The molecule has 2 saturated heterocycles. The molecule has 0 aromatic carbocycles. The van der Waals surface area contributed by atoms with Gasteiger partial charge in [0.1, 0.15) is 0 Å². The van der Waals surface area contributed by atoms with Gasteiger partial charge in [-0.25, -0.2) is 0 Å². The van der Waals surface area contributed by atoms with E-state index in [-0.39, 0.29) is 12.0 Å². The van der Waals surface area contributed by atoms with Crippen LogP contribution >= 0.6 is 0 Å². The third kappa shape index (κ3) is 4.12. The van der Waals surface area contributed by atoms with Crippen molar-refractivity contribution in [3.63, 3.8) is 0 Å². The molecular weight excluding hydrogens is 304 g/mol. The van der Waals surface area contributed by atoms with Gasteiger partial charge in [0.15, 0.2) is 0 Å². The van der Waals surface area contributed by atoms with E-state index >= 15 is 0 Å². The van der Waals surface area contributed by atoms with Crippen LogP contribution in [0.15, 0.2) is 24.5 Å². The molecule has 2 fully saturated rings. The zero-order valence-electron chi connectivity index (χ0n) is 14.7. The van der Waals surface area contributed by atoms with Crippen molar-refractivity contribution in [2.24, 2.45) is 0 Å². The third-order valence-corrected chi connectivity index (χ3v) is 5.04. The molecule has 0 saturated carbocycles. The average molecular weight is 332 g/mol. The number of morpholine rings is 1. The topological polar surface area (TPSA) is 48.9 Å². The predicted octanol–water partition coefficient (Wildman–Crippen LogP) is 0.949. The van der Waals surface area contributed by atoms with Crippen molar-refractivity contribution in [2.45, 2.75) is 25.0 Å². The summed E-state index contributed by atoms with van der Waals surface area (Å²) in [5, 5.41) is 0. The van der Waals surface area contributed by atoms with Crippen LogP contribution in [0.2, 0.25) is 0 Å². The minimum atomic E-state index is 0.107. The molecular formula is C18H28N4O2. The van der Waals surface area contributed by atoms with Crippen LogP contribution in [-0.2, 0) is 4.74 Å². The van der Waals surface area contributed by atoms with E-state index in [1.54, 1.807) is 24.5 Å². The number of ether oxygens (including phenoxy) is 1. The van der Waals surface area contributed by atoms with E-state index < -0.39 is 0 Å². The molecule has 1 amide bonds. The monoisotopic (exact) mass is 332 g/mol. The second-order valence-electron chi connectivity index (χ2n) is 6.92. The minimum absolute atomic E-state index is 0.107. The van der Waals surface area contributed by atoms with Crippen LogP contribution in [0.5, 0.6) is 0 Å². The van der Waals surface area contributed by atoms with Crippen molar-refractivity contribution in [1.82, 2.24) is 19.7 Å². The van der Waals surface area contributed by atoms with E-state index in [0.717, 1.165) is 57.7 Å². The number of pyridine rings is 1. The lowest BCUT2D eigenvalue weighted by atomic mass is 10.0. The smallest absolute Gasteiger partial charge is 0.253 e. The maximum Gasteiger partial charge on any atom is 0.253 e. The number of amides is 1. The van der Waals surface area contributed by atoms with Crippen molar-refractivity contribution in [1.29, 1.82) is 0 Å². The molecule has 3 heterocycles. The van der Waals surface area contributed by atoms with Gasteiger partial charge in [-0.05, 0) is 39.1 Å². The summed E-state index contributed by atoms with van der Waals surface area (Å²) < 4.78 is 6.03. The summed E-state index contributed by atoms with van der Waals surface area (Å²) in [5.41, 5.74) is 0.722. The Morgan fingerprint density at radius 1 is 1.25 bits per heavy atom. The maximum atomic E-state index is 12.7. The zero-order valence-corrected chi connectivity index (χ0v) is 14.7. The Morgan fingerprint density at radius 3 is 2.75 bits per heavy atom. The summed E-state index contributed by atoms with van der Waals surface area (Å²) >= 11 is 0. The molecule has 0 aliphatic carbocycles. The number of carbonyl (C=O) groups is 1. The molecule has 2 aliphatic rings. The fourth-order valence-electron chi connectivity index (χ4n) is 3.65. The van der Waals surface area contributed by atoms with Crippen LogP contribution in [0.4, 0.5) is 0 Å². The first-order valence-electron chi connectivity index (χ1n) is 8.85. The molecule has 24 heavy (non-hydrogen) atoms. The second-order valence-corrected chi connectivity index (χ2v) is 6.92. The minimum Gasteiger partial charge on any atom is -0.375 e. The molecule has 2 unspecified atom stereocenters. The van der Waals surface area contributed by atoms with Crippen LogP contribution in [0.1, 0.15) is 23.2 Å². The van der Waals surface area contributed by atoms with Crippen molar-refractivity contribution in [3.05, 3.63) is 30.1 Å². The lowest BCUT2D eigenvalue weighted by Gasteiger charge is -2.40. The Morgan fingerprint density at radius 2 is 2.00 bits per heavy atom. The molecule has 6 nitrogen and oxygen atoms in total. The molecule has 0 radical (unpaired) electrons. The van der Waals surface area contributed by atoms with Crippen LogP contribution in [-0.4, -0.2) is 91.2 Å². The number of hydrogen-bond acceptors (Lipinski definition) is 5. The molecule has 0 spiro atoms. The summed E-state index contributed by atoms with van der Waals surface area (Å²) in [6.07, 6.45) is 5.50. The molecule has 6 heteroatoms. The number of carbonyl (C=O) groups excluding carboxylic acids is 1. The number of likely N-dealkylation sites (tertiary alicyclic amines) is 1. The normalized spacial score (nSPS) is 25.4.